The molecule has 0 unspecified atom stereocenters. The van der Waals surface area contributed by atoms with E-state index in [1.807, 2.05) is 9.80 Å². The van der Waals surface area contributed by atoms with Gasteiger partial charge in [0.2, 0.25) is 17.8 Å². The van der Waals surface area contributed by atoms with Crippen LogP contribution in [-0.2, 0) is 0 Å². The van der Waals surface area contributed by atoms with Crippen molar-refractivity contribution in [1.82, 2.24) is 15.0 Å². The number of anilines is 5. The van der Waals surface area contributed by atoms with Crippen LogP contribution in [0.1, 0.15) is 23.2 Å². The third kappa shape index (κ3) is 7.48. The van der Waals surface area contributed by atoms with Gasteiger partial charge in [0.15, 0.2) is 0 Å². The highest BCUT2D eigenvalue weighted by atomic mass is 35.5. The number of aromatic nitrogens is 3. The van der Waals surface area contributed by atoms with Crippen molar-refractivity contribution in [3.8, 4) is 5.75 Å². The second kappa shape index (κ2) is 13.7. The van der Waals surface area contributed by atoms with Gasteiger partial charge < -0.3 is 47.8 Å². The minimum atomic E-state index is -0.477. The Morgan fingerprint density at radius 1 is 1.00 bits per heavy atom. The van der Waals surface area contributed by atoms with E-state index in [1.54, 1.807) is 36.4 Å². The number of nitrogens with two attached hydrogens (primary N) is 3. The van der Waals surface area contributed by atoms with Crippen LogP contribution in [-0.4, -0.2) is 82.0 Å². The molecule has 15 heteroatoms. The van der Waals surface area contributed by atoms with Gasteiger partial charge in [-0.2, -0.15) is 15.0 Å². The molecular weight excluding hydrogens is 583 g/mol. The van der Waals surface area contributed by atoms with Gasteiger partial charge in [0.05, 0.1) is 11.8 Å². The standard InChI is InChI=1S/C27H35ClN10O3.ClH/c28-17-3-1-15(2-4-17)24(41)33-21-6-5-20(10-23(21)40)32-25-34-26(37-8-7-22(39)16(11-29)12-37)36-27(35-25)38-13-18(30)9-19(31)14-38;/h1-6,10,16,18-19,22,39-40H,7-9,11-14,29-31H2,(H,33,41)(H,32,34,35,36);1H/t16-,18-,19+,22+;/m0./s1. The van der Waals surface area contributed by atoms with Gasteiger partial charge in [-0.15, -0.1) is 12.4 Å². The van der Waals surface area contributed by atoms with Crippen molar-refractivity contribution in [1.29, 1.82) is 0 Å². The summed E-state index contributed by atoms with van der Waals surface area (Å²) in [5.74, 6) is 0.483. The molecular formula is C27H36Cl2N10O3. The zero-order chi connectivity index (χ0) is 29.1. The summed E-state index contributed by atoms with van der Waals surface area (Å²) < 4.78 is 0. The molecule has 2 aliphatic heterocycles. The molecule has 2 fully saturated rings. The maximum atomic E-state index is 12.6. The first-order valence-electron chi connectivity index (χ1n) is 13.5. The Morgan fingerprint density at radius 2 is 1.67 bits per heavy atom. The van der Waals surface area contributed by atoms with E-state index in [9.17, 15) is 15.0 Å². The van der Waals surface area contributed by atoms with Crippen LogP contribution in [0.5, 0.6) is 5.75 Å². The molecule has 0 aliphatic carbocycles. The number of halogens is 2. The Kier molecular flexibility index (Phi) is 10.2. The maximum absolute atomic E-state index is 12.6. The Balaban J connectivity index is 0.00000405. The van der Waals surface area contributed by atoms with Crippen molar-refractivity contribution in [2.75, 3.05) is 53.2 Å². The number of phenols is 1. The van der Waals surface area contributed by atoms with E-state index in [0.717, 1.165) is 0 Å². The molecule has 3 heterocycles. The topological polar surface area (TPSA) is 205 Å². The van der Waals surface area contributed by atoms with Gasteiger partial charge in [-0.25, -0.2) is 0 Å². The molecule has 2 saturated heterocycles. The molecule has 13 nitrogen and oxygen atoms in total. The molecule has 10 N–H and O–H groups in total. The first kappa shape index (κ1) is 31.5. The van der Waals surface area contributed by atoms with E-state index in [4.69, 9.17) is 33.8 Å². The molecule has 42 heavy (non-hydrogen) atoms. The molecule has 4 atom stereocenters. The number of carbonyl (C=O) groups is 1. The SMILES string of the molecule is Cl.NC[C@H]1CN(c2nc(Nc3ccc(NC(=O)c4ccc(Cl)cc4)c(O)c3)nc(N3C[C@H](N)C[C@H](N)C3)n2)CC[C@H]1O. The predicted octanol–water partition coefficient (Wildman–Crippen LogP) is 1.66. The highest BCUT2D eigenvalue weighted by Gasteiger charge is 2.30. The number of amides is 1. The second-order valence-corrected chi connectivity index (χ2v) is 11.0. The van der Waals surface area contributed by atoms with Gasteiger partial charge >= 0.3 is 0 Å². The number of nitrogens with one attached hydrogen (secondary N) is 2. The summed E-state index contributed by atoms with van der Waals surface area (Å²) in [6.45, 7) is 2.49. The van der Waals surface area contributed by atoms with Crippen LogP contribution >= 0.6 is 24.0 Å². The fraction of sp³-hybridized carbons (Fsp3) is 0.407. The first-order chi connectivity index (χ1) is 19.7. The van der Waals surface area contributed by atoms with E-state index in [1.165, 1.54) is 6.07 Å². The van der Waals surface area contributed by atoms with Gasteiger partial charge in [0, 0.05) is 66.5 Å². The molecule has 226 valence electrons. The zero-order valence-corrected chi connectivity index (χ0v) is 24.4. The van der Waals surface area contributed by atoms with Gasteiger partial charge in [0.25, 0.3) is 5.91 Å². The smallest absolute Gasteiger partial charge is 0.255 e. The number of hydrogen-bond donors (Lipinski definition) is 7. The first-order valence-corrected chi connectivity index (χ1v) is 13.9. The number of phenolic OH excluding ortho intramolecular Hbond substituents is 1. The normalized spacial score (nSPS) is 22.3. The van der Waals surface area contributed by atoms with Crippen molar-refractivity contribution in [2.45, 2.75) is 31.0 Å². The van der Waals surface area contributed by atoms with Crippen LogP contribution in [0, 0.1) is 5.92 Å². The minimum Gasteiger partial charge on any atom is -0.506 e. The number of piperidine rings is 2. The van der Waals surface area contributed by atoms with Crippen LogP contribution in [0.25, 0.3) is 0 Å². The molecule has 3 aromatic rings. The maximum Gasteiger partial charge on any atom is 0.255 e. The van der Waals surface area contributed by atoms with Gasteiger partial charge in [0.1, 0.15) is 5.75 Å². The Morgan fingerprint density at radius 3 is 2.31 bits per heavy atom. The second-order valence-electron chi connectivity index (χ2n) is 10.5. The fourth-order valence-electron chi connectivity index (χ4n) is 5.11. The lowest BCUT2D eigenvalue weighted by Gasteiger charge is -2.37. The molecule has 0 spiro atoms. The zero-order valence-electron chi connectivity index (χ0n) is 22.9. The number of rotatable bonds is 7. The number of aromatic hydroxyl groups is 1. The van der Waals surface area contributed by atoms with Gasteiger partial charge in [-0.05, 0) is 55.8 Å². The van der Waals surface area contributed by atoms with Gasteiger partial charge in [-0.3, -0.25) is 4.79 Å². The van der Waals surface area contributed by atoms with Crippen LogP contribution < -0.4 is 37.6 Å². The third-order valence-corrected chi connectivity index (χ3v) is 7.55. The molecule has 0 saturated carbocycles. The van der Waals surface area contributed by atoms with Crippen molar-refractivity contribution in [3.05, 3.63) is 53.1 Å². The quantitative estimate of drug-likeness (QED) is 0.189. The molecule has 0 bridgehead atoms. The molecule has 2 aliphatic rings. The summed E-state index contributed by atoms with van der Waals surface area (Å²) in [4.78, 5) is 30.5. The molecule has 1 aromatic heterocycles. The predicted molar refractivity (Wildman–Crippen MR) is 166 cm³/mol. The Bertz CT molecular complexity index is 1370. The lowest BCUT2D eigenvalue weighted by atomic mass is 9.95. The van der Waals surface area contributed by atoms with Crippen molar-refractivity contribution >= 4 is 59.1 Å². The highest BCUT2D eigenvalue weighted by molar-refractivity contribution is 6.30. The summed E-state index contributed by atoms with van der Waals surface area (Å²) >= 11 is 5.90. The average molecular weight is 620 g/mol. The molecule has 0 radical (unpaired) electrons. The van der Waals surface area contributed by atoms with E-state index >= 15 is 0 Å². The van der Waals surface area contributed by atoms with E-state index in [0.29, 0.717) is 73.7 Å². The van der Waals surface area contributed by atoms with E-state index in [-0.39, 0.29) is 53.7 Å². The number of benzene rings is 2. The summed E-state index contributed by atoms with van der Waals surface area (Å²) in [5, 5.41) is 27.3. The Labute approximate surface area is 254 Å². The monoisotopic (exact) mass is 618 g/mol. The van der Waals surface area contributed by atoms with Crippen LogP contribution in [0.3, 0.4) is 0 Å². The van der Waals surface area contributed by atoms with Crippen molar-refractivity contribution < 1.29 is 15.0 Å². The minimum absolute atomic E-state index is 0. The van der Waals surface area contributed by atoms with Crippen molar-refractivity contribution in [3.63, 3.8) is 0 Å². The van der Waals surface area contributed by atoms with Crippen molar-refractivity contribution in [2.24, 2.45) is 23.1 Å². The van der Waals surface area contributed by atoms with Crippen LogP contribution in [0.2, 0.25) is 5.02 Å². The fourth-order valence-corrected chi connectivity index (χ4v) is 5.23. The summed E-state index contributed by atoms with van der Waals surface area (Å²) in [6, 6.07) is 10.9. The average Bonchev–Trinajstić information content (AvgIpc) is 2.94. The lowest BCUT2D eigenvalue weighted by molar-refractivity contribution is 0.0917. The number of aliphatic hydroxyl groups excluding tert-OH is 1. The third-order valence-electron chi connectivity index (χ3n) is 7.30. The van der Waals surface area contributed by atoms with E-state index in [2.05, 4.69) is 20.6 Å². The Hall–Kier alpha value is -3.46. The van der Waals surface area contributed by atoms with Crippen LogP contribution in [0.15, 0.2) is 42.5 Å². The summed E-state index contributed by atoms with van der Waals surface area (Å²) in [5.41, 5.74) is 19.5. The van der Waals surface area contributed by atoms with Crippen LogP contribution in [0.4, 0.5) is 29.2 Å². The molecule has 1 amide bonds. The number of hydrogen-bond acceptors (Lipinski definition) is 12. The summed E-state index contributed by atoms with van der Waals surface area (Å²) in [7, 11) is 0. The largest absolute Gasteiger partial charge is 0.506 e. The molecule has 5 rings (SSSR count). The van der Waals surface area contributed by atoms with Gasteiger partial charge in [-0.1, -0.05) is 11.6 Å². The highest BCUT2D eigenvalue weighted by Crippen LogP contribution is 2.30. The molecule has 2 aromatic carbocycles. The summed E-state index contributed by atoms with van der Waals surface area (Å²) in [6.07, 6.45) is 0.777. The number of carbonyl (C=O) groups excluding carboxylic acids is 1. The lowest BCUT2D eigenvalue weighted by Crippen LogP contribution is -2.53. The van der Waals surface area contributed by atoms with E-state index < -0.39 is 6.10 Å². The number of aliphatic hydroxyl groups is 1. The number of nitrogens with zero attached hydrogens (tertiary/aromatic N) is 5.